The van der Waals surface area contributed by atoms with Crippen LogP contribution in [0.4, 0.5) is 4.39 Å². The Kier molecular flexibility index (Phi) is 4.98. The van der Waals surface area contributed by atoms with Gasteiger partial charge in [-0.15, -0.1) is 0 Å². The van der Waals surface area contributed by atoms with Crippen LogP contribution in [0.15, 0.2) is 24.3 Å². The van der Waals surface area contributed by atoms with Gasteiger partial charge in [0.25, 0.3) is 0 Å². The molecule has 1 aromatic rings. The minimum Gasteiger partial charge on any atom is -0.339 e. The van der Waals surface area contributed by atoms with Crippen molar-refractivity contribution in [3.05, 3.63) is 35.6 Å². The molecule has 4 rings (SSSR count). The number of rotatable bonds is 3. The first-order chi connectivity index (χ1) is 12.2. The van der Waals surface area contributed by atoms with E-state index in [2.05, 4.69) is 21.1 Å². The maximum absolute atomic E-state index is 13.3. The number of carbonyl (C=O) groups is 1. The monoisotopic (exact) mass is 347 g/mol. The van der Waals surface area contributed by atoms with E-state index in [4.69, 9.17) is 0 Å². The fraction of sp³-hybridized carbons (Fsp3) is 0.611. The highest BCUT2D eigenvalue weighted by molar-refractivity contribution is 5.82. The number of piperazine rings is 1. The highest BCUT2D eigenvalue weighted by Gasteiger charge is 2.42. The van der Waals surface area contributed by atoms with E-state index >= 15 is 0 Å². The molecule has 0 aromatic heterocycles. The molecule has 1 amide bonds. The van der Waals surface area contributed by atoms with E-state index in [1.807, 2.05) is 11.0 Å². The second-order valence-electron chi connectivity index (χ2n) is 7.26. The van der Waals surface area contributed by atoms with Gasteiger partial charge in [0.2, 0.25) is 5.91 Å². The molecular formula is C18H26FN5O. The number of nitrogens with zero attached hydrogens (tertiary/aromatic N) is 2. The number of halogens is 1. The van der Waals surface area contributed by atoms with E-state index in [0.717, 1.165) is 57.8 Å². The van der Waals surface area contributed by atoms with Crippen molar-refractivity contribution in [3.8, 4) is 0 Å². The van der Waals surface area contributed by atoms with Crippen molar-refractivity contribution in [2.45, 2.75) is 25.0 Å². The van der Waals surface area contributed by atoms with Crippen LogP contribution in [0, 0.1) is 11.7 Å². The largest absolute Gasteiger partial charge is 0.339 e. The Morgan fingerprint density at radius 1 is 1.20 bits per heavy atom. The number of fused-ring (bicyclic) bond motifs is 1. The van der Waals surface area contributed by atoms with Gasteiger partial charge in [-0.3, -0.25) is 15.1 Å². The van der Waals surface area contributed by atoms with Crippen LogP contribution in [0.2, 0.25) is 0 Å². The highest BCUT2D eigenvalue weighted by Crippen LogP contribution is 2.22. The SMILES string of the molecule is O=C(C1NNC2CCNCC21)N1CCN(Cc2cccc(F)c2)CC1. The zero-order valence-corrected chi connectivity index (χ0v) is 14.4. The number of nitrogens with one attached hydrogen (secondary N) is 3. The Morgan fingerprint density at radius 2 is 2.04 bits per heavy atom. The fourth-order valence-electron chi connectivity index (χ4n) is 4.18. The quantitative estimate of drug-likeness (QED) is 0.714. The van der Waals surface area contributed by atoms with E-state index in [1.54, 1.807) is 12.1 Å². The standard InChI is InChI=1S/C18H26FN5O/c19-14-3-1-2-13(10-14)12-23-6-8-24(9-7-23)18(25)17-15-11-20-5-4-16(15)21-22-17/h1-3,10,15-17,20-22H,4-9,11-12H2. The highest BCUT2D eigenvalue weighted by atomic mass is 19.1. The lowest BCUT2D eigenvalue weighted by Crippen LogP contribution is -2.55. The second kappa shape index (κ2) is 7.37. The van der Waals surface area contributed by atoms with Gasteiger partial charge >= 0.3 is 0 Å². The molecule has 0 saturated carbocycles. The molecule has 0 radical (unpaired) electrons. The maximum Gasteiger partial charge on any atom is 0.241 e. The van der Waals surface area contributed by atoms with Crippen molar-refractivity contribution in [3.63, 3.8) is 0 Å². The summed E-state index contributed by atoms with van der Waals surface area (Å²) >= 11 is 0. The van der Waals surface area contributed by atoms with Crippen LogP contribution in [0.5, 0.6) is 0 Å². The number of piperidine rings is 1. The fourth-order valence-corrected chi connectivity index (χ4v) is 4.18. The molecule has 0 aliphatic carbocycles. The third kappa shape index (κ3) is 3.69. The van der Waals surface area contributed by atoms with Crippen LogP contribution in [0.1, 0.15) is 12.0 Å². The first-order valence-corrected chi connectivity index (χ1v) is 9.18. The normalized spacial score (nSPS) is 30.3. The van der Waals surface area contributed by atoms with Crippen molar-refractivity contribution in [1.82, 2.24) is 26.0 Å². The Hall–Kier alpha value is -1.54. The summed E-state index contributed by atoms with van der Waals surface area (Å²) in [5.41, 5.74) is 7.49. The van der Waals surface area contributed by atoms with E-state index in [1.165, 1.54) is 6.07 Å². The summed E-state index contributed by atoms with van der Waals surface area (Å²) in [6.07, 6.45) is 1.06. The Balaban J connectivity index is 1.30. The minimum atomic E-state index is -0.193. The average molecular weight is 347 g/mol. The zero-order valence-electron chi connectivity index (χ0n) is 14.4. The maximum atomic E-state index is 13.3. The van der Waals surface area contributed by atoms with Gasteiger partial charge in [0.15, 0.2) is 0 Å². The van der Waals surface area contributed by atoms with Crippen molar-refractivity contribution in [2.24, 2.45) is 5.92 Å². The lowest BCUT2D eigenvalue weighted by atomic mass is 9.89. The van der Waals surface area contributed by atoms with Gasteiger partial charge in [-0.05, 0) is 30.7 Å². The third-order valence-corrected chi connectivity index (χ3v) is 5.63. The van der Waals surface area contributed by atoms with Crippen LogP contribution < -0.4 is 16.2 Å². The molecule has 7 heteroatoms. The Bertz CT molecular complexity index is 619. The number of hydrogen-bond donors (Lipinski definition) is 3. The summed E-state index contributed by atoms with van der Waals surface area (Å²) in [7, 11) is 0. The molecule has 0 bridgehead atoms. The summed E-state index contributed by atoms with van der Waals surface area (Å²) in [6.45, 7) is 5.76. The lowest BCUT2D eigenvalue weighted by Gasteiger charge is -2.37. The van der Waals surface area contributed by atoms with Crippen LogP contribution in [-0.4, -0.2) is 67.1 Å². The van der Waals surface area contributed by atoms with Gasteiger partial charge in [-0.1, -0.05) is 12.1 Å². The summed E-state index contributed by atoms with van der Waals surface area (Å²) in [4.78, 5) is 17.1. The molecule has 3 atom stereocenters. The second-order valence-corrected chi connectivity index (χ2v) is 7.26. The van der Waals surface area contributed by atoms with Crippen molar-refractivity contribution < 1.29 is 9.18 Å². The van der Waals surface area contributed by atoms with Gasteiger partial charge in [-0.2, -0.15) is 0 Å². The predicted molar refractivity (Wildman–Crippen MR) is 93.1 cm³/mol. The van der Waals surface area contributed by atoms with Crippen molar-refractivity contribution in [2.75, 3.05) is 39.3 Å². The number of carbonyl (C=O) groups excluding carboxylic acids is 1. The predicted octanol–water partition coefficient (Wildman–Crippen LogP) is -0.0756. The average Bonchev–Trinajstić information content (AvgIpc) is 3.06. The molecule has 0 spiro atoms. The molecule has 3 N–H and O–H groups in total. The molecule has 3 aliphatic rings. The molecule has 6 nitrogen and oxygen atoms in total. The molecule has 3 fully saturated rings. The summed E-state index contributed by atoms with van der Waals surface area (Å²) in [6, 6.07) is 7.01. The summed E-state index contributed by atoms with van der Waals surface area (Å²) in [5, 5.41) is 3.39. The molecule has 25 heavy (non-hydrogen) atoms. The minimum absolute atomic E-state index is 0.132. The van der Waals surface area contributed by atoms with Gasteiger partial charge < -0.3 is 10.2 Å². The first kappa shape index (κ1) is 16.9. The lowest BCUT2D eigenvalue weighted by molar-refractivity contribution is -0.136. The summed E-state index contributed by atoms with van der Waals surface area (Å²) < 4.78 is 13.3. The number of amides is 1. The molecule has 136 valence electrons. The van der Waals surface area contributed by atoms with Gasteiger partial charge in [0.1, 0.15) is 11.9 Å². The Morgan fingerprint density at radius 3 is 2.84 bits per heavy atom. The van der Waals surface area contributed by atoms with Crippen LogP contribution in [-0.2, 0) is 11.3 Å². The van der Waals surface area contributed by atoms with Crippen molar-refractivity contribution >= 4 is 5.91 Å². The zero-order chi connectivity index (χ0) is 17.2. The van der Waals surface area contributed by atoms with Gasteiger partial charge in [0.05, 0.1) is 0 Å². The number of benzene rings is 1. The molecule has 1 aromatic carbocycles. The third-order valence-electron chi connectivity index (χ3n) is 5.63. The molecule has 3 heterocycles. The van der Waals surface area contributed by atoms with Gasteiger partial charge in [-0.25, -0.2) is 9.82 Å². The van der Waals surface area contributed by atoms with E-state index in [9.17, 15) is 9.18 Å². The van der Waals surface area contributed by atoms with E-state index < -0.39 is 0 Å². The van der Waals surface area contributed by atoms with E-state index in [0.29, 0.717) is 12.0 Å². The topological polar surface area (TPSA) is 59.6 Å². The van der Waals surface area contributed by atoms with Crippen LogP contribution in [0.3, 0.4) is 0 Å². The van der Waals surface area contributed by atoms with Crippen LogP contribution in [0.25, 0.3) is 0 Å². The first-order valence-electron chi connectivity index (χ1n) is 9.18. The summed E-state index contributed by atoms with van der Waals surface area (Å²) in [5.74, 6) is 0.336. The molecule has 3 aliphatic heterocycles. The smallest absolute Gasteiger partial charge is 0.241 e. The number of hydrazine groups is 1. The van der Waals surface area contributed by atoms with Gasteiger partial charge in [0, 0.05) is 51.2 Å². The van der Waals surface area contributed by atoms with Crippen LogP contribution >= 0.6 is 0 Å². The number of hydrogen-bond acceptors (Lipinski definition) is 5. The Labute approximate surface area is 147 Å². The molecule has 3 unspecified atom stereocenters. The van der Waals surface area contributed by atoms with E-state index in [-0.39, 0.29) is 17.8 Å². The molecular weight excluding hydrogens is 321 g/mol. The molecule has 3 saturated heterocycles. The van der Waals surface area contributed by atoms with Crippen molar-refractivity contribution in [1.29, 1.82) is 0 Å².